The fourth-order valence-corrected chi connectivity index (χ4v) is 1.48. The molecule has 0 aliphatic heterocycles. The van der Waals surface area contributed by atoms with Crippen LogP contribution in [0.25, 0.3) is 0 Å². The molecule has 1 aliphatic carbocycles. The van der Waals surface area contributed by atoms with Crippen LogP contribution in [0.15, 0.2) is 22.8 Å². The van der Waals surface area contributed by atoms with Gasteiger partial charge in [-0.2, -0.15) is 5.26 Å². The van der Waals surface area contributed by atoms with E-state index in [4.69, 9.17) is 14.4 Å². The first-order chi connectivity index (χ1) is 6.85. The van der Waals surface area contributed by atoms with Gasteiger partial charge in [-0.1, -0.05) is 0 Å². The summed E-state index contributed by atoms with van der Waals surface area (Å²) in [7, 11) is 0. The number of nitriles is 1. The molecule has 0 aromatic carbocycles. The third-order valence-corrected chi connectivity index (χ3v) is 2.64. The largest absolute Gasteiger partial charge is 0.467 e. The van der Waals surface area contributed by atoms with Crippen LogP contribution in [0.4, 0.5) is 0 Å². The summed E-state index contributed by atoms with van der Waals surface area (Å²) in [5, 5.41) is 8.60. The molecule has 2 rings (SSSR count). The maximum Gasteiger partial charge on any atom is 0.129 e. The number of furan rings is 1. The zero-order valence-electron chi connectivity index (χ0n) is 8.03. The first-order valence-electron chi connectivity index (χ1n) is 4.82. The standard InChI is InChI=1S/C11H13NO2/c12-6-5-11(3-4-11)9-13-8-10-2-1-7-14-10/h1-2,7H,3-5,8-9H2. The summed E-state index contributed by atoms with van der Waals surface area (Å²) in [5.74, 6) is 0.845. The van der Waals surface area contributed by atoms with E-state index in [1.165, 1.54) is 0 Å². The maximum atomic E-state index is 8.60. The van der Waals surface area contributed by atoms with Crippen LogP contribution in [0.1, 0.15) is 25.0 Å². The van der Waals surface area contributed by atoms with Crippen LogP contribution in [0.3, 0.4) is 0 Å². The topological polar surface area (TPSA) is 46.2 Å². The van der Waals surface area contributed by atoms with E-state index >= 15 is 0 Å². The summed E-state index contributed by atoms with van der Waals surface area (Å²) in [6.45, 7) is 1.20. The number of hydrogen-bond acceptors (Lipinski definition) is 3. The van der Waals surface area contributed by atoms with Gasteiger partial charge in [-0.15, -0.1) is 0 Å². The molecule has 0 spiro atoms. The monoisotopic (exact) mass is 191 g/mol. The lowest BCUT2D eigenvalue weighted by Gasteiger charge is -2.10. The molecule has 74 valence electrons. The molecular formula is C11H13NO2. The summed E-state index contributed by atoms with van der Waals surface area (Å²) in [6, 6.07) is 5.95. The maximum absolute atomic E-state index is 8.60. The number of rotatable bonds is 5. The normalized spacial score (nSPS) is 17.6. The Morgan fingerprint density at radius 2 is 2.43 bits per heavy atom. The van der Waals surface area contributed by atoms with Crippen molar-refractivity contribution >= 4 is 0 Å². The molecule has 0 saturated heterocycles. The van der Waals surface area contributed by atoms with Crippen molar-refractivity contribution in [2.75, 3.05) is 6.61 Å². The predicted octanol–water partition coefficient (Wildman–Crippen LogP) is 2.49. The van der Waals surface area contributed by atoms with Gasteiger partial charge in [-0.05, 0) is 25.0 Å². The smallest absolute Gasteiger partial charge is 0.129 e. The van der Waals surface area contributed by atoms with Crippen LogP contribution in [-0.2, 0) is 11.3 Å². The zero-order chi connectivity index (χ0) is 9.86. The summed E-state index contributed by atoms with van der Waals surface area (Å²) >= 11 is 0. The molecule has 1 heterocycles. The van der Waals surface area contributed by atoms with Crippen LogP contribution in [-0.4, -0.2) is 6.61 Å². The van der Waals surface area contributed by atoms with Gasteiger partial charge in [0.05, 0.1) is 18.9 Å². The van der Waals surface area contributed by atoms with E-state index in [0.29, 0.717) is 19.6 Å². The second kappa shape index (κ2) is 3.85. The van der Waals surface area contributed by atoms with Gasteiger partial charge in [0.15, 0.2) is 0 Å². The van der Waals surface area contributed by atoms with E-state index in [0.717, 1.165) is 18.6 Å². The molecule has 14 heavy (non-hydrogen) atoms. The van der Waals surface area contributed by atoms with Crippen LogP contribution >= 0.6 is 0 Å². The van der Waals surface area contributed by atoms with Gasteiger partial charge < -0.3 is 9.15 Å². The highest BCUT2D eigenvalue weighted by Crippen LogP contribution is 2.48. The lowest BCUT2D eigenvalue weighted by Crippen LogP contribution is -2.09. The third kappa shape index (κ3) is 2.15. The molecule has 0 radical (unpaired) electrons. The molecule has 0 atom stereocenters. The average molecular weight is 191 g/mol. The van der Waals surface area contributed by atoms with Crippen LogP contribution in [0.2, 0.25) is 0 Å². The summed E-state index contributed by atoms with van der Waals surface area (Å²) in [4.78, 5) is 0. The molecule has 0 amide bonds. The second-order valence-electron chi connectivity index (χ2n) is 3.91. The summed E-state index contributed by atoms with van der Waals surface area (Å²) in [6.07, 6.45) is 4.50. The summed E-state index contributed by atoms with van der Waals surface area (Å²) < 4.78 is 10.7. The predicted molar refractivity (Wildman–Crippen MR) is 50.3 cm³/mol. The molecule has 0 unspecified atom stereocenters. The Labute approximate surface area is 83.3 Å². The van der Waals surface area contributed by atoms with Crippen LogP contribution < -0.4 is 0 Å². The first-order valence-corrected chi connectivity index (χ1v) is 4.82. The fraction of sp³-hybridized carbons (Fsp3) is 0.545. The Morgan fingerprint density at radius 1 is 1.57 bits per heavy atom. The van der Waals surface area contributed by atoms with E-state index in [1.54, 1.807) is 6.26 Å². The van der Waals surface area contributed by atoms with E-state index in [9.17, 15) is 0 Å². The molecule has 1 aromatic heterocycles. The second-order valence-corrected chi connectivity index (χ2v) is 3.91. The number of hydrogen-bond donors (Lipinski definition) is 0. The average Bonchev–Trinajstić information content (AvgIpc) is 2.75. The van der Waals surface area contributed by atoms with Crippen molar-refractivity contribution in [1.29, 1.82) is 5.26 Å². The molecule has 0 N–H and O–H groups in total. The van der Waals surface area contributed by atoms with Crippen molar-refractivity contribution in [3.05, 3.63) is 24.2 Å². The van der Waals surface area contributed by atoms with Crippen molar-refractivity contribution in [3.63, 3.8) is 0 Å². The quantitative estimate of drug-likeness (QED) is 0.718. The van der Waals surface area contributed by atoms with Gasteiger partial charge in [0.25, 0.3) is 0 Å². The van der Waals surface area contributed by atoms with Crippen LogP contribution in [0, 0.1) is 16.7 Å². The first kappa shape index (κ1) is 9.29. The number of nitrogens with zero attached hydrogens (tertiary/aromatic N) is 1. The lowest BCUT2D eigenvalue weighted by molar-refractivity contribution is 0.0684. The van der Waals surface area contributed by atoms with Crippen molar-refractivity contribution < 1.29 is 9.15 Å². The fourth-order valence-electron chi connectivity index (χ4n) is 1.48. The Morgan fingerprint density at radius 3 is 3.00 bits per heavy atom. The Kier molecular flexibility index (Phi) is 2.55. The molecule has 3 nitrogen and oxygen atoms in total. The molecule has 3 heteroatoms. The van der Waals surface area contributed by atoms with Gasteiger partial charge in [0, 0.05) is 11.8 Å². The highest BCUT2D eigenvalue weighted by molar-refractivity contribution is 5.00. The van der Waals surface area contributed by atoms with Crippen LogP contribution in [0.5, 0.6) is 0 Å². The highest BCUT2D eigenvalue weighted by atomic mass is 16.5. The van der Waals surface area contributed by atoms with Gasteiger partial charge in [-0.25, -0.2) is 0 Å². The molecule has 1 aliphatic rings. The van der Waals surface area contributed by atoms with Crippen molar-refractivity contribution in [1.82, 2.24) is 0 Å². The summed E-state index contributed by atoms with van der Waals surface area (Å²) in [5.41, 5.74) is 0.168. The van der Waals surface area contributed by atoms with Gasteiger partial charge in [-0.3, -0.25) is 0 Å². The Hall–Kier alpha value is -1.27. The minimum absolute atomic E-state index is 0.168. The lowest BCUT2D eigenvalue weighted by atomic mass is 10.1. The van der Waals surface area contributed by atoms with E-state index in [2.05, 4.69) is 6.07 Å². The minimum Gasteiger partial charge on any atom is -0.467 e. The molecular weight excluding hydrogens is 178 g/mol. The van der Waals surface area contributed by atoms with Crippen molar-refractivity contribution in [2.45, 2.75) is 25.9 Å². The molecule has 1 saturated carbocycles. The van der Waals surface area contributed by atoms with E-state index in [-0.39, 0.29) is 5.41 Å². The zero-order valence-corrected chi connectivity index (χ0v) is 8.03. The van der Waals surface area contributed by atoms with E-state index in [1.807, 2.05) is 12.1 Å². The minimum atomic E-state index is 0.168. The van der Waals surface area contributed by atoms with Gasteiger partial charge in [0.2, 0.25) is 0 Å². The third-order valence-electron chi connectivity index (χ3n) is 2.64. The van der Waals surface area contributed by atoms with E-state index < -0.39 is 0 Å². The van der Waals surface area contributed by atoms with Crippen molar-refractivity contribution in [3.8, 4) is 6.07 Å². The SMILES string of the molecule is N#CCC1(COCc2ccco2)CC1. The molecule has 0 bridgehead atoms. The Bertz CT molecular complexity index is 320. The molecule has 1 aromatic rings. The number of ether oxygens (including phenoxy) is 1. The highest BCUT2D eigenvalue weighted by Gasteiger charge is 2.42. The Balaban J connectivity index is 1.71. The van der Waals surface area contributed by atoms with Gasteiger partial charge in [0.1, 0.15) is 12.4 Å². The molecule has 1 fully saturated rings. The van der Waals surface area contributed by atoms with Gasteiger partial charge >= 0.3 is 0 Å². The van der Waals surface area contributed by atoms with Crippen molar-refractivity contribution in [2.24, 2.45) is 5.41 Å².